The minimum absolute atomic E-state index is 0.0661. The number of ketones is 1. The van der Waals surface area contributed by atoms with E-state index in [2.05, 4.69) is 10.6 Å². The molecule has 1 aliphatic carbocycles. The quantitative estimate of drug-likeness (QED) is 0.526. The van der Waals surface area contributed by atoms with E-state index in [4.69, 9.17) is 0 Å². The second kappa shape index (κ2) is 12.0. The van der Waals surface area contributed by atoms with Gasteiger partial charge in [0.1, 0.15) is 11.8 Å². The molecule has 6 nitrogen and oxygen atoms in total. The van der Waals surface area contributed by atoms with E-state index >= 15 is 0 Å². The smallest absolute Gasteiger partial charge is 0.242 e. The summed E-state index contributed by atoms with van der Waals surface area (Å²) in [5.41, 5.74) is 0. The van der Waals surface area contributed by atoms with Gasteiger partial charge in [-0.1, -0.05) is 32.6 Å². The molecule has 1 rings (SSSR count). The Kier molecular flexibility index (Phi) is 10.4. The molecule has 1 saturated carbocycles. The van der Waals surface area contributed by atoms with Gasteiger partial charge in [0, 0.05) is 18.9 Å². The highest BCUT2D eigenvalue weighted by Gasteiger charge is 2.24. The van der Waals surface area contributed by atoms with Crippen LogP contribution in [0.5, 0.6) is 0 Å². The van der Waals surface area contributed by atoms with Crippen LogP contribution in [0.1, 0.15) is 71.1 Å². The molecule has 144 valence electrons. The Morgan fingerprint density at radius 3 is 2.36 bits per heavy atom. The van der Waals surface area contributed by atoms with Crippen molar-refractivity contribution in [2.75, 3.05) is 20.6 Å². The molecule has 0 spiro atoms. The first-order valence-corrected chi connectivity index (χ1v) is 9.68. The van der Waals surface area contributed by atoms with E-state index in [0.29, 0.717) is 19.3 Å². The third kappa shape index (κ3) is 9.58. The summed E-state index contributed by atoms with van der Waals surface area (Å²) in [7, 11) is 3.66. The van der Waals surface area contributed by atoms with Crippen LogP contribution < -0.4 is 10.6 Å². The van der Waals surface area contributed by atoms with Gasteiger partial charge >= 0.3 is 0 Å². The average molecular weight is 354 g/mol. The standard InChI is InChI=1S/C19H35N3O3/c1-4-16(23)12-6-5-7-13-17(21-18(24)14-22(2)3)19(25)20-15-10-8-9-11-15/h15,17H,4-14H2,1-3H3,(H,20,25)(H,21,24). The summed E-state index contributed by atoms with van der Waals surface area (Å²) in [5, 5.41) is 5.96. The largest absolute Gasteiger partial charge is 0.352 e. The molecule has 0 aromatic heterocycles. The third-order valence-corrected chi connectivity index (χ3v) is 4.66. The molecule has 6 heteroatoms. The maximum atomic E-state index is 12.5. The van der Waals surface area contributed by atoms with Crippen molar-refractivity contribution in [3.8, 4) is 0 Å². The van der Waals surface area contributed by atoms with Crippen LogP contribution in [-0.4, -0.2) is 55.2 Å². The van der Waals surface area contributed by atoms with Gasteiger partial charge in [0.15, 0.2) is 0 Å². The van der Waals surface area contributed by atoms with Gasteiger partial charge in [0.25, 0.3) is 0 Å². The Morgan fingerprint density at radius 2 is 1.76 bits per heavy atom. The summed E-state index contributed by atoms with van der Waals surface area (Å²) in [4.78, 5) is 37.7. The van der Waals surface area contributed by atoms with Gasteiger partial charge in [-0.05, 0) is 39.8 Å². The summed E-state index contributed by atoms with van der Waals surface area (Å²) in [6.45, 7) is 2.16. The maximum absolute atomic E-state index is 12.5. The van der Waals surface area contributed by atoms with Crippen LogP contribution in [0.25, 0.3) is 0 Å². The average Bonchev–Trinajstić information content (AvgIpc) is 3.05. The van der Waals surface area contributed by atoms with E-state index in [1.54, 1.807) is 4.90 Å². The Bertz CT molecular complexity index is 432. The molecule has 0 aliphatic heterocycles. The molecule has 0 radical (unpaired) electrons. The first kappa shape index (κ1) is 21.6. The van der Waals surface area contributed by atoms with E-state index in [1.165, 1.54) is 0 Å². The zero-order chi connectivity index (χ0) is 18.7. The number of Topliss-reactive ketones (excluding diaryl/α,β-unsaturated/α-hetero) is 1. The number of nitrogens with zero attached hydrogens (tertiary/aromatic N) is 1. The van der Waals surface area contributed by atoms with Crippen molar-refractivity contribution in [1.29, 1.82) is 0 Å². The highest BCUT2D eigenvalue weighted by Crippen LogP contribution is 2.18. The number of hydrogen-bond donors (Lipinski definition) is 2. The van der Waals surface area contributed by atoms with Crippen molar-refractivity contribution >= 4 is 17.6 Å². The van der Waals surface area contributed by atoms with Gasteiger partial charge < -0.3 is 15.5 Å². The molecule has 1 unspecified atom stereocenters. The lowest BCUT2D eigenvalue weighted by Gasteiger charge is -2.22. The number of hydrogen-bond acceptors (Lipinski definition) is 4. The van der Waals surface area contributed by atoms with Crippen LogP contribution in [0.2, 0.25) is 0 Å². The van der Waals surface area contributed by atoms with Gasteiger partial charge in [0.2, 0.25) is 11.8 Å². The number of rotatable bonds is 12. The van der Waals surface area contributed by atoms with Crippen LogP contribution in [-0.2, 0) is 14.4 Å². The van der Waals surface area contributed by atoms with E-state index in [-0.39, 0.29) is 30.2 Å². The van der Waals surface area contributed by atoms with Crippen LogP contribution in [0.3, 0.4) is 0 Å². The Morgan fingerprint density at radius 1 is 1.08 bits per heavy atom. The summed E-state index contributed by atoms with van der Waals surface area (Å²) in [6.07, 6.45) is 8.81. The molecule has 0 bridgehead atoms. The SMILES string of the molecule is CCC(=O)CCCCCC(NC(=O)CN(C)C)C(=O)NC1CCCC1. The van der Waals surface area contributed by atoms with Gasteiger partial charge in [-0.2, -0.15) is 0 Å². The van der Waals surface area contributed by atoms with Crippen molar-refractivity contribution in [2.45, 2.75) is 83.2 Å². The Labute approximate surface area is 152 Å². The highest BCUT2D eigenvalue weighted by atomic mass is 16.2. The van der Waals surface area contributed by atoms with Crippen molar-refractivity contribution in [3.63, 3.8) is 0 Å². The van der Waals surface area contributed by atoms with Crippen molar-refractivity contribution in [2.24, 2.45) is 0 Å². The predicted octanol–water partition coefficient (Wildman–Crippen LogP) is 2.02. The van der Waals surface area contributed by atoms with E-state index in [1.807, 2.05) is 21.0 Å². The number of unbranched alkanes of at least 4 members (excludes halogenated alkanes) is 2. The molecule has 0 saturated heterocycles. The molecule has 1 fully saturated rings. The summed E-state index contributed by atoms with van der Waals surface area (Å²) >= 11 is 0. The fourth-order valence-corrected chi connectivity index (χ4v) is 3.19. The predicted molar refractivity (Wildman–Crippen MR) is 99.3 cm³/mol. The lowest BCUT2D eigenvalue weighted by Crippen LogP contribution is -2.50. The monoisotopic (exact) mass is 353 g/mol. The molecule has 2 amide bonds. The number of carbonyl (C=O) groups is 3. The molecule has 0 aromatic carbocycles. The second-order valence-electron chi connectivity index (χ2n) is 7.34. The molecule has 25 heavy (non-hydrogen) atoms. The lowest BCUT2D eigenvalue weighted by molar-refractivity contribution is -0.129. The second-order valence-corrected chi connectivity index (χ2v) is 7.34. The van der Waals surface area contributed by atoms with Crippen molar-refractivity contribution in [1.82, 2.24) is 15.5 Å². The number of nitrogens with one attached hydrogen (secondary N) is 2. The fraction of sp³-hybridized carbons (Fsp3) is 0.842. The first-order valence-electron chi connectivity index (χ1n) is 9.68. The zero-order valence-corrected chi connectivity index (χ0v) is 16.1. The molecule has 0 heterocycles. The van der Waals surface area contributed by atoms with Crippen LogP contribution in [0, 0.1) is 0 Å². The van der Waals surface area contributed by atoms with Gasteiger partial charge in [0.05, 0.1) is 6.54 Å². The Hall–Kier alpha value is -1.43. The minimum Gasteiger partial charge on any atom is -0.352 e. The van der Waals surface area contributed by atoms with Crippen LogP contribution >= 0.6 is 0 Å². The molecule has 1 aliphatic rings. The Balaban J connectivity index is 2.44. The fourth-order valence-electron chi connectivity index (χ4n) is 3.19. The molecule has 1 atom stereocenters. The highest BCUT2D eigenvalue weighted by molar-refractivity contribution is 5.88. The normalized spacial score (nSPS) is 16.0. The molecular formula is C19H35N3O3. The number of likely N-dealkylation sites (N-methyl/N-ethyl adjacent to an activating group) is 1. The van der Waals surface area contributed by atoms with E-state index < -0.39 is 6.04 Å². The first-order chi connectivity index (χ1) is 11.9. The zero-order valence-electron chi connectivity index (χ0n) is 16.1. The van der Waals surface area contributed by atoms with Gasteiger partial charge in [-0.3, -0.25) is 14.4 Å². The van der Waals surface area contributed by atoms with Crippen molar-refractivity contribution in [3.05, 3.63) is 0 Å². The van der Waals surface area contributed by atoms with Crippen LogP contribution in [0.4, 0.5) is 0 Å². The summed E-state index contributed by atoms with van der Waals surface area (Å²) in [6, 6.07) is -0.224. The third-order valence-electron chi connectivity index (χ3n) is 4.66. The van der Waals surface area contributed by atoms with Gasteiger partial charge in [-0.15, -0.1) is 0 Å². The summed E-state index contributed by atoms with van der Waals surface area (Å²) < 4.78 is 0. The molecular weight excluding hydrogens is 318 g/mol. The van der Waals surface area contributed by atoms with Crippen molar-refractivity contribution < 1.29 is 14.4 Å². The number of amides is 2. The van der Waals surface area contributed by atoms with E-state index in [9.17, 15) is 14.4 Å². The summed E-state index contributed by atoms with van der Waals surface area (Å²) in [5.74, 6) is 0.0937. The van der Waals surface area contributed by atoms with Crippen LogP contribution in [0.15, 0.2) is 0 Å². The number of carbonyl (C=O) groups excluding carboxylic acids is 3. The van der Waals surface area contributed by atoms with Gasteiger partial charge in [-0.25, -0.2) is 0 Å². The molecule has 2 N–H and O–H groups in total. The molecule has 0 aromatic rings. The minimum atomic E-state index is -0.477. The maximum Gasteiger partial charge on any atom is 0.242 e. The van der Waals surface area contributed by atoms with E-state index in [0.717, 1.165) is 44.9 Å². The lowest BCUT2D eigenvalue weighted by atomic mass is 10.0. The topological polar surface area (TPSA) is 78.5 Å².